The quantitative estimate of drug-likeness (QED) is 0.645. The first kappa shape index (κ1) is 7.72. The van der Waals surface area contributed by atoms with Crippen LogP contribution in [0, 0.1) is 6.92 Å². The molecule has 0 aliphatic rings. The minimum Gasteiger partial charge on any atom is -0.373 e. The van der Waals surface area contributed by atoms with Gasteiger partial charge in [0.15, 0.2) is 6.29 Å². The van der Waals surface area contributed by atoms with E-state index < -0.39 is 0 Å². The number of hydrogen-bond donors (Lipinski definition) is 1. The zero-order chi connectivity index (χ0) is 8.27. The molecule has 0 unspecified atom stereocenters. The Morgan fingerprint density at radius 3 is 2.82 bits per heavy atom. The van der Waals surface area contributed by atoms with Crippen molar-refractivity contribution in [3.63, 3.8) is 0 Å². The molecule has 0 spiro atoms. The number of anilines is 1. The number of pyridine rings is 1. The van der Waals surface area contributed by atoms with Crippen molar-refractivity contribution in [3.05, 3.63) is 23.4 Å². The van der Waals surface area contributed by atoms with E-state index in [1.807, 2.05) is 13.0 Å². The molecule has 3 nitrogen and oxygen atoms in total. The molecule has 0 aromatic carbocycles. The highest BCUT2D eigenvalue weighted by Gasteiger charge is 1.97. The van der Waals surface area contributed by atoms with E-state index in [0.29, 0.717) is 5.69 Å². The maximum absolute atomic E-state index is 10.3. The molecule has 1 aromatic heterocycles. The fraction of sp³-hybridized carbons (Fsp3) is 0.250. The Morgan fingerprint density at radius 1 is 1.55 bits per heavy atom. The molecule has 3 heteroatoms. The molecule has 1 heterocycles. The second kappa shape index (κ2) is 3.14. The predicted octanol–water partition coefficient (Wildman–Crippen LogP) is 1.24. The molecule has 1 aromatic rings. The molecular weight excluding hydrogens is 140 g/mol. The molecular formula is C8H10N2O. The number of nitrogens with zero attached hydrogens (tertiary/aromatic N) is 1. The highest BCUT2D eigenvalue weighted by Crippen LogP contribution is 2.09. The van der Waals surface area contributed by atoms with Crippen LogP contribution in [0.2, 0.25) is 0 Å². The van der Waals surface area contributed by atoms with Crippen molar-refractivity contribution in [2.45, 2.75) is 6.92 Å². The van der Waals surface area contributed by atoms with Crippen LogP contribution in [0.3, 0.4) is 0 Å². The van der Waals surface area contributed by atoms with Gasteiger partial charge in [-0.1, -0.05) is 6.07 Å². The maximum atomic E-state index is 10.3. The summed E-state index contributed by atoms with van der Waals surface area (Å²) in [6, 6.07) is 3.56. The second-order valence-corrected chi connectivity index (χ2v) is 2.27. The summed E-state index contributed by atoms with van der Waals surface area (Å²) in [6.07, 6.45) is 0.736. The number of carbonyl (C=O) groups excluding carboxylic acids is 1. The van der Waals surface area contributed by atoms with Crippen molar-refractivity contribution < 1.29 is 4.79 Å². The van der Waals surface area contributed by atoms with Crippen molar-refractivity contribution in [1.82, 2.24) is 4.98 Å². The highest BCUT2D eigenvalue weighted by atomic mass is 16.1. The first-order chi connectivity index (χ1) is 5.27. The van der Waals surface area contributed by atoms with E-state index in [0.717, 1.165) is 17.7 Å². The van der Waals surface area contributed by atoms with E-state index in [4.69, 9.17) is 0 Å². The van der Waals surface area contributed by atoms with Gasteiger partial charge in [0, 0.05) is 7.05 Å². The van der Waals surface area contributed by atoms with Crippen molar-refractivity contribution in [1.29, 1.82) is 0 Å². The van der Waals surface area contributed by atoms with Gasteiger partial charge in [-0.15, -0.1) is 0 Å². The monoisotopic (exact) mass is 150 g/mol. The SMILES string of the molecule is CNc1nc(C=O)ccc1C. The fourth-order valence-corrected chi connectivity index (χ4v) is 0.863. The Bertz CT molecular complexity index is 271. The largest absolute Gasteiger partial charge is 0.373 e. The van der Waals surface area contributed by atoms with E-state index in [1.165, 1.54) is 0 Å². The van der Waals surface area contributed by atoms with Crippen LogP contribution in [0.4, 0.5) is 5.82 Å². The van der Waals surface area contributed by atoms with Crippen LogP contribution in [0.5, 0.6) is 0 Å². The third-order valence-corrected chi connectivity index (χ3v) is 1.48. The summed E-state index contributed by atoms with van der Waals surface area (Å²) in [5, 5.41) is 2.90. The molecule has 0 radical (unpaired) electrons. The van der Waals surface area contributed by atoms with E-state index >= 15 is 0 Å². The number of hydrogen-bond acceptors (Lipinski definition) is 3. The summed E-state index contributed by atoms with van der Waals surface area (Å²) in [4.78, 5) is 14.3. The van der Waals surface area contributed by atoms with Crippen LogP contribution in [0.25, 0.3) is 0 Å². The van der Waals surface area contributed by atoms with Gasteiger partial charge < -0.3 is 5.32 Å². The van der Waals surface area contributed by atoms with Gasteiger partial charge >= 0.3 is 0 Å². The van der Waals surface area contributed by atoms with Gasteiger partial charge in [-0.05, 0) is 18.6 Å². The topological polar surface area (TPSA) is 42.0 Å². The second-order valence-electron chi connectivity index (χ2n) is 2.27. The van der Waals surface area contributed by atoms with Crippen molar-refractivity contribution >= 4 is 12.1 Å². The van der Waals surface area contributed by atoms with Crippen LogP contribution in [-0.4, -0.2) is 18.3 Å². The summed E-state index contributed by atoms with van der Waals surface area (Å²) in [5.74, 6) is 0.759. The number of aromatic nitrogens is 1. The van der Waals surface area contributed by atoms with Crippen LogP contribution >= 0.6 is 0 Å². The molecule has 58 valence electrons. The number of aldehydes is 1. The fourth-order valence-electron chi connectivity index (χ4n) is 0.863. The molecule has 1 N–H and O–H groups in total. The Balaban J connectivity index is 3.12. The van der Waals surface area contributed by atoms with Gasteiger partial charge in [0.05, 0.1) is 0 Å². The van der Waals surface area contributed by atoms with Crippen LogP contribution in [-0.2, 0) is 0 Å². The zero-order valence-electron chi connectivity index (χ0n) is 6.59. The summed E-state index contributed by atoms with van der Waals surface area (Å²) < 4.78 is 0. The molecule has 1 rings (SSSR count). The molecule has 11 heavy (non-hydrogen) atoms. The minimum absolute atomic E-state index is 0.458. The lowest BCUT2D eigenvalue weighted by atomic mass is 10.2. The average molecular weight is 150 g/mol. The van der Waals surface area contributed by atoms with E-state index in [2.05, 4.69) is 10.3 Å². The lowest BCUT2D eigenvalue weighted by Gasteiger charge is -2.02. The van der Waals surface area contributed by atoms with Gasteiger partial charge in [0.1, 0.15) is 11.5 Å². The van der Waals surface area contributed by atoms with E-state index in [-0.39, 0.29) is 0 Å². The molecule has 0 fully saturated rings. The van der Waals surface area contributed by atoms with Crippen molar-refractivity contribution in [3.8, 4) is 0 Å². The Morgan fingerprint density at radius 2 is 2.27 bits per heavy atom. The van der Waals surface area contributed by atoms with E-state index in [9.17, 15) is 4.79 Å². The Labute approximate surface area is 65.5 Å². The zero-order valence-corrected chi connectivity index (χ0v) is 6.59. The molecule has 0 aliphatic carbocycles. The van der Waals surface area contributed by atoms with Gasteiger partial charge in [-0.2, -0.15) is 0 Å². The Kier molecular flexibility index (Phi) is 2.21. The predicted molar refractivity (Wildman–Crippen MR) is 43.9 cm³/mol. The number of aryl methyl sites for hydroxylation is 1. The lowest BCUT2D eigenvalue weighted by Crippen LogP contribution is -1.97. The molecule has 0 bridgehead atoms. The first-order valence-corrected chi connectivity index (χ1v) is 3.38. The maximum Gasteiger partial charge on any atom is 0.168 e. The molecule has 0 aliphatic heterocycles. The number of rotatable bonds is 2. The van der Waals surface area contributed by atoms with Crippen LogP contribution < -0.4 is 5.32 Å². The summed E-state index contributed by atoms with van der Waals surface area (Å²) in [5.41, 5.74) is 1.50. The third kappa shape index (κ3) is 1.55. The van der Waals surface area contributed by atoms with Gasteiger partial charge in [0.25, 0.3) is 0 Å². The smallest absolute Gasteiger partial charge is 0.168 e. The van der Waals surface area contributed by atoms with Gasteiger partial charge in [-0.3, -0.25) is 4.79 Å². The lowest BCUT2D eigenvalue weighted by molar-refractivity contribution is 0.111. The summed E-state index contributed by atoms with van der Waals surface area (Å²) in [7, 11) is 1.78. The molecule has 0 amide bonds. The minimum atomic E-state index is 0.458. The standard InChI is InChI=1S/C8H10N2O/c1-6-3-4-7(5-11)10-8(6)9-2/h3-5H,1-2H3,(H,9,10). The molecule has 0 saturated heterocycles. The highest BCUT2D eigenvalue weighted by molar-refractivity contribution is 5.73. The van der Waals surface area contributed by atoms with Crippen molar-refractivity contribution in [2.24, 2.45) is 0 Å². The van der Waals surface area contributed by atoms with Gasteiger partial charge in [-0.25, -0.2) is 4.98 Å². The molecule has 0 saturated carbocycles. The van der Waals surface area contributed by atoms with Gasteiger partial charge in [0.2, 0.25) is 0 Å². The number of carbonyl (C=O) groups is 1. The molecule has 0 atom stereocenters. The normalized spacial score (nSPS) is 9.27. The Hall–Kier alpha value is -1.38. The summed E-state index contributed by atoms with van der Waals surface area (Å²) in [6.45, 7) is 1.94. The average Bonchev–Trinajstić information content (AvgIpc) is 2.05. The van der Waals surface area contributed by atoms with Crippen molar-refractivity contribution in [2.75, 3.05) is 12.4 Å². The van der Waals surface area contributed by atoms with E-state index in [1.54, 1.807) is 13.1 Å². The van der Waals surface area contributed by atoms with Crippen LogP contribution in [0.15, 0.2) is 12.1 Å². The first-order valence-electron chi connectivity index (χ1n) is 3.38. The number of nitrogens with one attached hydrogen (secondary N) is 1. The summed E-state index contributed by atoms with van der Waals surface area (Å²) >= 11 is 0. The van der Waals surface area contributed by atoms with Crippen LogP contribution in [0.1, 0.15) is 16.1 Å². The third-order valence-electron chi connectivity index (χ3n) is 1.48.